The molecule has 2 aromatic rings. The van der Waals surface area contributed by atoms with Crippen molar-refractivity contribution in [3.05, 3.63) is 40.4 Å². The molecule has 2 heterocycles. The molecule has 134 valence electrons. The highest BCUT2D eigenvalue weighted by Crippen LogP contribution is 2.30. The Kier molecular flexibility index (Phi) is 4.89. The van der Waals surface area contributed by atoms with E-state index in [0.29, 0.717) is 6.42 Å². The molecule has 3 rings (SSSR count). The van der Waals surface area contributed by atoms with E-state index < -0.39 is 17.3 Å². The first-order valence-corrected chi connectivity index (χ1v) is 8.16. The fraction of sp³-hybridized carbons (Fsp3) is 0.471. The van der Waals surface area contributed by atoms with Gasteiger partial charge >= 0.3 is 6.18 Å². The lowest BCUT2D eigenvalue weighted by atomic mass is 10.00. The fourth-order valence-electron chi connectivity index (χ4n) is 3.07. The summed E-state index contributed by atoms with van der Waals surface area (Å²) in [5.74, 6) is -0.102. The molecule has 0 spiro atoms. The van der Waals surface area contributed by atoms with Gasteiger partial charge in [-0.05, 0) is 37.6 Å². The number of benzene rings is 1. The van der Waals surface area contributed by atoms with Crippen molar-refractivity contribution in [2.45, 2.75) is 44.4 Å². The molecule has 0 unspecified atom stereocenters. The Bertz CT molecular complexity index is 839. The molecular weight excluding hydrogens is 335 g/mol. The quantitative estimate of drug-likeness (QED) is 0.917. The van der Waals surface area contributed by atoms with Crippen molar-refractivity contribution in [3.63, 3.8) is 0 Å². The summed E-state index contributed by atoms with van der Waals surface area (Å²) in [4.78, 5) is 28.5. The van der Waals surface area contributed by atoms with Crippen LogP contribution in [0.5, 0.6) is 0 Å². The minimum atomic E-state index is -4.49. The number of rotatable bonds is 4. The fourth-order valence-corrected chi connectivity index (χ4v) is 3.07. The first-order valence-electron chi connectivity index (χ1n) is 8.16. The van der Waals surface area contributed by atoms with Crippen LogP contribution in [-0.4, -0.2) is 27.9 Å². The number of hydrogen-bond donors (Lipinski definition) is 1. The van der Waals surface area contributed by atoms with Crippen LogP contribution in [0.15, 0.2) is 29.3 Å². The highest BCUT2D eigenvalue weighted by atomic mass is 19.4. The van der Waals surface area contributed by atoms with Gasteiger partial charge in [-0.2, -0.15) is 13.2 Å². The van der Waals surface area contributed by atoms with Crippen molar-refractivity contribution in [2.75, 3.05) is 6.54 Å². The van der Waals surface area contributed by atoms with Crippen LogP contribution < -0.4 is 10.9 Å². The van der Waals surface area contributed by atoms with Crippen LogP contribution in [0.2, 0.25) is 0 Å². The molecule has 0 amide bonds. The SMILES string of the molecule is O=C(C[C@@H]1CCCCN1)Cn1cnc2cc(C(F)(F)F)ccc2c1=O. The average molecular weight is 353 g/mol. The van der Waals surface area contributed by atoms with Crippen LogP contribution in [0, 0.1) is 0 Å². The van der Waals surface area contributed by atoms with Gasteiger partial charge in [-0.1, -0.05) is 6.42 Å². The lowest BCUT2D eigenvalue weighted by molar-refractivity contribution is -0.137. The first-order chi connectivity index (χ1) is 11.8. The van der Waals surface area contributed by atoms with Crippen LogP contribution >= 0.6 is 0 Å². The average Bonchev–Trinajstić information content (AvgIpc) is 2.57. The predicted octanol–water partition coefficient (Wildman–Crippen LogP) is 2.52. The Hall–Kier alpha value is -2.22. The maximum absolute atomic E-state index is 12.7. The normalized spacial score (nSPS) is 18.4. The third-order valence-electron chi connectivity index (χ3n) is 4.39. The molecule has 25 heavy (non-hydrogen) atoms. The van der Waals surface area contributed by atoms with Gasteiger partial charge in [-0.3, -0.25) is 14.2 Å². The van der Waals surface area contributed by atoms with Crippen molar-refractivity contribution in [2.24, 2.45) is 0 Å². The second-order valence-corrected chi connectivity index (χ2v) is 6.30. The summed E-state index contributed by atoms with van der Waals surface area (Å²) in [5, 5.41) is 3.34. The summed E-state index contributed by atoms with van der Waals surface area (Å²) in [5.41, 5.74) is -1.40. The number of aromatic nitrogens is 2. The zero-order valence-corrected chi connectivity index (χ0v) is 13.5. The van der Waals surface area contributed by atoms with Crippen molar-refractivity contribution in [1.29, 1.82) is 0 Å². The topological polar surface area (TPSA) is 64.0 Å². The summed E-state index contributed by atoms with van der Waals surface area (Å²) in [6.45, 7) is 0.762. The highest BCUT2D eigenvalue weighted by Gasteiger charge is 2.30. The zero-order chi connectivity index (χ0) is 18.0. The maximum Gasteiger partial charge on any atom is 0.416 e. The van der Waals surface area contributed by atoms with Crippen molar-refractivity contribution >= 4 is 16.7 Å². The zero-order valence-electron chi connectivity index (χ0n) is 13.5. The van der Waals surface area contributed by atoms with Crippen LogP contribution in [0.3, 0.4) is 0 Å². The Morgan fingerprint density at radius 3 is 2.80 bits per heavy atom. The van der Waals surface area contributed by atoms with Gasteiger partial charge in [-0.15, -0.1) is 0 Å². The Balaban J connectivity index is 1.79. The number of Topliss-reactive ketones (excluding diaryl/α,β-unsaturated/α-hetero) is 1. The van der Waals surface area contributed by atoms with Gasteiger partial charge in [0.25, 0.3) is 5.56 Å². The molecule has 1 fully saturated rings. The molecule has 1 saturated heterocycles. The van der Waals surface area contributed by atoms with Crippen LogP contribution in [0.1, 0.15) is 31.2 Å². The number of fused-ring (bicyclic) bond motifs is 1. The lowest BCUT2D eigenvalue weighted by Gasteiger charge is -2.22. The second-order valence-electron chi connectivity index (χ2n) is 6.30. The summed E-state index contributed by atoms with van der Waals surface area (Å²) in [6.07, 6.45) is 0.0711. The van der Waals surface area contributed by atoms with E-state index in [9.17, 15) is 22.8 Å². The van der Waals surface area contributed by atoms with Gasteiger partial charge in [0.2, 0.25) is 0 Å². The number of nitrogens with zero attached hydrogens (tertiary/aromatic N) is 2. The molecule has 1 aromatic heterocycles. The third-order valence-corrected chi connectivity index (χ3v) is 4.39. The number of carbonyl (C=O) groups is 1. The Morgan fingerprint density at radius 2 is 2.12 bits per heavy atom. The highest BCUT2D eigenvalue weighted by molar-refractivity contribution is 5.80. The van der Waals surface area contributed by atoms with Gasteiger partial charge in [0.05, 0.1) is 29.3 Å². The maximum atomic E-state index is 12.7. The summed E-state index contributed by atoms with van der Waals surface area (Å²) in [7, 11) is 0. The molecule has 8 heteroatoms. The van der Waals surface area contributed by atoms with Gasteiger partial charge in [0, 0.05) is 12.5 Å². The van der Waals surface area contributed by atoms with Crippen LogP contribution in [-0.2, 0) is 17.5 Å². The van der Waals surface area contributed by atoms with Crippen molar-refractivity contribution in [1.82, 2.24) is 14.9 Å². The smallest absolute Gasteiger partial charge is 0.314 e. The van der Waals surface area contributed by atoms with Crippen molar-refractivity contribution < 1.29 is 18.0 Å². The molecule has 0 radical (unpaired) electrons. The monoisotopic (exact) mass is 353 g/mol. The summed E-state index contributed by atoms with van der Waals surface area (Å²) in [6, 6.07) is 2.93. The molecular formula is C17H18F3N3O2. The van der Waals surface area contributed by atoms with E-state index in [-0.39, 0.29) is 29.3 Å². The van der Waals surface area contributed by atoms with Crippen LogP contribution in [0.25, 0.3) is 10.9 Å². The second kappa shape index (κ2) is 6.95. The number of ketones is 1. The van der Waals surface area contributed by atoms with Crippen LogP contribution in [0.4, 0.5) is 13.2 Å². The first kappa shape index (κ1) is 17.6. The molecule has 1 aliphatic rings. The molecule has 0 bridgehead atoms. The van der Waals surface area contributed by atoms with E-state index in [0.717, 1.165) is 54.9 Å². The van der Waals surface area contributed by atoms with E-state index in [4.69, 9.17) is 0 Å². The number of nitrogens with one attached hydrogen (secondary N) is 1. The number of piperidine rings is 1. The number of hydrogen-bond acceptors (Lipinski definition) is 4. The van der Waals surface area contributed by atoms with E-state index in [2.05, 4.69) is 10.3 Å². The number of carbonyl (C=O) groups excluding carboxylic acids is 1. The third kappa shape index (κ3) is 4.07. The van der Waals surface area contributed by atoms with Gasteiger partial charge in [0.15, 0.2) is 5.78 Å². The van der Waals surface area contributed by atoms with E-state index >= 15 is 0 Å². The molecule has 0 aliphatic carbocycles. The van der Waals surface area contributed by atoms with E-state index in [1.807, 2.05) is 0 Å². The number of halogens is 3. The minimum absolute atomic E-state index is 0.0301. The Labute approximate surface area is 141 Å². The molecule has 5 nitrogen and oxygen atoms in total. The summed E-state index contributed by atoms with van der Waals surface area (Å²) >= 11 is 0. The molecule has 1 atom stereocenters. The Morgan fingerprint density at radius 1 is 1.32 bits per heavy atom. The van der Waals surface area contributed by atoms with Gasteiger partial charge in [-0.25, -0.2) is 4.98 Å². The predicted molar refractivity (Wildman–Crippen MR) is 86.3 cm³/mol. The number of alkyl halides is 3. The van der Waals surface area contributed by atoms with E-state index in [1.54, 1.807) is 0 Å². The molecule has 0 saturated carbocycles. The standard InChI is InChI=1S/C17H18F3N3O2/c18-17(19,20)11-4-5-14-15(7-11)22-10-23(16(14)25)9-13(24)8-12-3-1-2-6-21-12/h4-5,7,10,12,21H,1-3,6,8-9H2/t12-/m0/s1. The molecule has 1 aliphatic heterocycles. The largest absolute Gasteiger partial charge is 0.416 e. The molecule has 1 N–H and O–H groups in total. The van der Waals surface area contributed by atoms with E-state index in [1.165, 1.54) is 0 Å². The van der Waals surface area contributed by atoms with Gasteiger partial charge < -0.3 is 5.32 Å². The van der Waals surface area contributed by atoms with Gasteiger partial charge in [0.1, 0.15) is 0 Å². The lowest BCUT2D eigenvalue weighted by Crippen LogP contribution is -2.37. The summed E-state index contributed by atoms with van der Waals surface area (Å²) < 4.78 is 39.3. The molecule has 1 aromatic carbocycles. The minimum Gasteiger partial charge on any atom is -0.314 e. The van der Waals surface area contributed by atoms with Crippen molar-refractivity contribution in [3.8, 4) is 0 Å².